The Bertz CT molecular complexity index is 323. The Hall–Kier alpha value is -1.30. The number of nitrogens with zero attached hydrogens (tertiary/aromatic N) is 2. The first-order chi connectivity index (χ1) is 8.56. The van der Waals surface area contributed by atoms with Crippen molar-refractivity contribution in [2.24, 2.45) is 5.92 Å². The zero-order chi connectivity index (χ0) is 13.1. The summed E-state index contributed by atoms with van der Waals surface area (Å²) < 4.78 is 0. The zero-order valence-corrected chi connectivity index (χ0v) is 10.8. The van der Waals surface area contributed by atoms with E-state index in [1.807, 2.05) is 0 Å². The van der Waals surface area contributed by atoms with Crippen LogP contribution in [0.5, 0.6) is 0 Å². The number of hydrogen-bond acceptors (Lipinski definition) is 3. The summed E-state index contributed by atoms with van der Waals surface area (Å²) in [6.07, 6.45) is 2.69. The van der Waals surface area contributed by atoms with Crippen molar-refractivity contribution < 1.29 is 14.7 Å². The summed E-state index contributed by atoms with van der Waals surface area (Å²) in [5.41, 5.74) is 0. The molecule has 2 N–H and O–H groups in total. The van der Waals surface area contributed by atoms with Gasteiger partial charge < -0.3 is 15.3 Å². The lowest BCUT2D eigenvalue weighted by Gasteiger charge is -2.35. The number of carboxylic acids is 1. The number of nitrogens with one attached hydrogen (secondary N) is 1. The second-order valence-corrected chi connectivity index (χ2v) is 5.24. The number of amides is 2. The average molecular weight is 255 g/mol. The molecule has 0 aromatic rings. The molecule has 1 aliphatic carbocycles. The Labute approximate surface area is 107 Å². The third-order valence-electron chi connectivity index (χ3n) is 3.58. The fourth-order valence-corrected chi connectivity index (χ4v) is 2.14. The van der Waals surface area contributed by atoms with E-state index in [1.165, 1.54) is 19.8 Å². The topological polar surface area (TPSA) is 72.9 Å². The quantitative estimate of drug-likeness (QED) is 0.752. The van der Waals surface area contributed by atoms with E-state index in [0.29, 0.717) is 13.1 Å². The van der Waals surface area contributed by atoms with Crippen LogP contribution in [-0.2, 0) is 4.79 Å². The Kier molecular flexibility index (Phi) is 4.06. The smallest absolute Gasteiger partial charge is 0.325 e. The maximum absolute atomic E-state index is 11.8. The molecule has 6 nitrogen and oxygen atoms in total. The van der Waals surface area contributed by atoms with Crippen LogP contribution in [0.25, 0.3) is 0 Å². The van der Waals surface area contributed by atoms with Gasteiger partial charge in [-0.05, 0) is 25.7 Å². The van der Waals surface area contributed by atoms with E-state index < -0.39 is 12.0 Å². The van der Waals surface area contributed by atoms with Gasteiger partial charge >= 0.3 is 12.0 Å². The van der Waals surface area contributed by atoms with Gasteiger partial charge in [0.1, 0.15) is 6.04 Å². The van der Waals surface area contributed by atoms with Crippen molar-refractivity contribution in [2.75, 3.05) is 32.7 Å². The molecule has 0 aromatic heterocycles. The average Bonchev–Trinajstić information content (AvgIpc) is 3.13. The highest BCUT2D eigenvalue weighted by Gasteiger charge is 2.28. The molecule has 2 fully saturated rings. The molecule has 2 amide bonds. The molecule has 1 saturated carbocycles. The van der Waals surface area contributed by atoms with E-state index in [2.05, 4.69) is 10.2 Å². The van der Waals surface area contributed by atoms with Crippen molar-refractivity contribution >= 4 is 12.0 Å². The summed E-state index contributed by atoms with van der Waals surface area (Å²) >= 11 is 0. The zero-order valence-electron chi connectivity index (χ0n) is 10.8. The highest BCUT2D eigenvalue weighted by atomic mass is 16.4. The van der Waals surface area contributed by atoms with Crippen LogP contribution in [0.3, 0.4) is 0 Å². The van der Waals surface area contributed by atoms with Gasteiger partial charge in [0.05, 0.1) is 0 Å². The molecule has 6 heteroatoms. The van der Waals surface area contributed by atoms with Crippen LogP contribution in [0.4, 0.5) is 4.79 Å². The van der Waals surface area contributed by atoms with Crippen LogP contribution < -0.4 is 5.32 Å². The number of aliphatic carboxylic acids is 1. The summed E-state index contributed by atoms with van der Waals surface area (Å²) in [5.74, 6) is -0.131. The normalized spacial score (nSPS) is 22.6. The van der Waals surface area contributed by atoms with Crippen LogP contribution in [-0.4, -0.2) is 65.7 Å². The SMILES string of the molecule is CC(NC(=O)N1CCN(CC2CC2)CC1)C(=O)O. The first-order valence-electron chi connectivity index (χ1n) is 6.57. The Morgan fingerprint density at radius 3 is 2.39 bits per heavy atom. The molecule has 2 rings (SSSR count). The highest BCUT2D eigenvalue weighted by Crippen LogP contribution is 2.29. The number of piperazine rings is 1. The predicted octanol–water partition coefficient (Wildman–Crippen LogP) is 0.197. The maximum Gasteiger partial charge on any atom is 0.325 e. The molecular formula is C12H21N3O3. The van der Waals surface area contributed by atoms with Gasteiger partial charge in [0.25, 0.3) is 0 Å². The summed E-state index contributed by atoms with van der Waals surface area (Å²) in [5, 5.41) is 11.2. The largest absolute Gasteiger partial charge is 0.480 e. The van der Waals surface area contributed by atoms with E-state index >= 15 is 0 Å². The van der Waals surface area contributed by atoms with Gasteiger partial charge in [-0.1, -0.05) is 0 Å². The van der Waals surface area contributed by atoms with Crippen LogP contribution in [0, 0.1) is 5.92 Å². The Morgan fingerprint density at radius 1 is 1.28 bits per heavy atom. The standard InChI is InChI=1S/C12H21N3O3/c1-9(11(16)17)13-12(18)15-6-4-14(5-7-15)8-10-2-3-10/h9-10H,2-8H2,1H3,(H,13,18)(H,16,17). The summed E-state index contributed by atoms with van der Waals surface area (Å²) in [4.78, 5) is 26.5. The van der Waals surface area contributed by atoms with E-state index in [0.717, 1.165) is 25.6 Å². The molecule has 1 aliphatic heterocycles. The molecule has 0 spiro atoms. The minimum atomic E-state index is -1.00. The fraction of sp³-hybridized carbons (Fsp3) is 0.833. The van der Waals surface area contributed by atoms with E-state index in [1.54, 1.807) is 4.90 Å². The lowest BCUT2D eigenvalue weighted by atomic mass is 10.3. The van der Waals surface area contributed by atoms with Crippen molar-refractivity contribution in [2.45, 2.75) is 25.8 Å². The number of carboxylic acid groups (broad SMARTS) is 1. The molecule has 1 saturated heterocycles. The Balaban J connectivity index is 1.71. The number of hydrogen-bond donors (Lipinski definition) is 2. The van der Waals surface area contributed by atoms with Gasteiger partial charge in [-0.15, -0.1) is 0 Å². The van der Waals surface area contributed by atoms with Crippen LogP contribution in [0.2, 0.25) is 0 Å². The molecule has 1 atom stereocenters. The first-order valence-corrected chi connectivity index (χ1v) is 6.57. The minimum absolute atomic E-state index is 0.268. The second-order valence-electron chi connectivity index (χ2n) is 5.24. The van der Waals surface area contributed by atoms with Crippen LogP contribution in [0.1, 0.15) is 19.8 Å². The number of urea groups is 1. The first kappa shape index (κ1) is 13.1. The lowest BCUT2D eigenvalue weighted by Crippen LogP contribution is -2.54. The molecule has 0 radical (unpaired) electrons. The van der Waals surface area contributed by atoms with E-state index in [9.17, 15) is 9.59 Å². The summed E-state index contributed by atoms with van der Waals surface area (Å²) in [6, 6.07) is -1.10. The molecule has 1 unspecified atom stereocenters. The van der Waals surface area contributed by atoms with Gasteiger partial charge in [0.15, 0.2) is 0 Å². The third-order valence-corrected chi connectivity index (χ3v) is 3.58. The second kappa shape index (κ2) is 5.56. The number of carbonyl (C=O) groups is 2. The molecule has 18 heavy (non-hydrogen) atoms. The van der Waals surface area contributed by atoms with Crippen LogP contribution in [0.15, 0.2) is 0 Å². The highest BCUT2D eigenvalue weighted by molar-refractivity contribution is 5.82. The van der Waals surface area contributed by atoms with Crippen molar-refractivity contribution in [3.8, 4) is 0 Å². The number of carbonyl (C=O) groups excluding carboxylic acids is 1. The molecular weight excluding hydrogens is 234 g/mol. The predicted molar refractivity (Wildman–Crippen MR) is 66.4 cm³/mol. The van der Waals surface area contributed by atoms with Crippen molar-refractivity contribution in [1.29, 1.82) is 0 Å². The molecule has 2 aliphatic rings. The fourth-order valence-electron chi connectivity index (χ4n) is 2.14. The molecule has 0 bridgehead atoms. The monoisotopic (exact) mass is 255 g/mol. The summed E-state index contributed by atoms with van der Waals surface area (Å²) in [7, 11) is 0. The Morgan fingerprint density at radius 2 is 1.89 bits per heavy atom. The third kappa shape index (κ3) is 3.60. The minimum Gasteiger partial charge on any atom is -0.480 e. The van der Waals surface area contributed by atoms with Crippen molar-refractivity contribution in [3.05, 3.63) is 0 Å². The van der Waals surface area contributed by atoms with Gasteiger partial charge in [0.2, 0.25) is 0 Å². The van der Waals surface area contributed by atoms with Crippen molar-refractivity contribution in [1.82, 2.24) is 15.1 Å². The lowest BCUT2D eigenvalue weighted by molar-refractivity contribution is -0.138. The van der Waals surface area contributed by atoms with E-state index in [-0.39, 0.29) is 6.03 Å². The van der Waals surface area contributed by atoms with Gasteiger partial charge in [-0.3, -0.25) is 9.69 Å². The maximum atomic E-state index is 11.8. The van der Waals surface area contributed by atoms with Gasteiger partial charge in [0, 0.05) is 32.7 Å². The van der Waals surface area contributed by atoms with Crippen molar-refractivity contribution in [3.63, 3.8) is 0 Å². The molecule has 102 valence electrons. The van der Waals surface area contributed by atoms with Crippen LogP contribution >= 0.6 is 0 Å². The summed E-state index contributed by atoms with van der Waals surface area (Å²) in [6.45, 7) is 5.79. The molecule has 0 aromatic carbocycles. The van der Waals surface area contributed by atoms with Gasteiger partial charge in [-0.25, -0.2) is 4.79 Å². The van der Waals surface area contributed by atoms with Gasteiger partial charge in [-0.2, -0.15) is 0 Å². The number of rotatable bonds is 4. The molecule has 1 heterocycles. The van der Waals surface area contributed by atoms with E-state index in [4.69, 9.17) is 5.11 Å².